The molecule has 108 valence electrons. The molecule has 0 aliphatic heterocycles. The fourth-order valence-corrected chi connectivity index (χ4v) is 3.55. The highest BCUT2D eigenvalue weighted by Gasteiger charge is 2.06. The second-order valence-corrected chi connectivity index (χ2v) is 6.92. The zero-order chi connectivity index (χ0) is 14.8. The fourth-order valence-electron chi connectivity index (χ4n) is 2.01. The van der Waals surface area contributed by atoms with Crippen LogP contribution in [0.2, 0.25) is 0 Å². The Hall–Kier alpha value is -1.73. The lowest BCUT2D eigenvalue weighted by molar-refractivity contribution is 0.789. The fraction of sp³-hybridized carbons (Fsp3) is 0.214. The summed E-state index contributed by atoms with van der Waals surface area (Å²) in [6.07, 6.45) is 1.59. The Morgan fingerprint density at radius 1 is 1.29 bits per heavy atom. The van der Waals surface area contributed by atoms with Gasteiger partial charge in [0, 0.05) is 26.5 Å². The van der Waals surface area contributed by atoms with Gasteiger partial charge in [-0.1, -0.05) is 6.07 Å². The van der Waals surface area contributed by atoms with Gasteiger partial charge in [-0.15, -0.1) is 16.4 Å². The molecule has 0 aliphatic carbocycles. The molecule has 0 fully saturated rings. The maximum atomic E-state index is 3.91. The highest BCUT2D eigenvalue weighted by atomic mass is 79.9. The summed E-state index contributed by atoms with van der Waals surface area (Å²) >= 11 is 5.35. The van der Waals surface area contributed by atoms with Crippen LogP contribution in [-0.2, 0) is 6.54 Å². The summed E-state index contributed by atoms with van der Waals surface area (Å²) in [5.41, 5.74) is 3.22. The second-order valence-electron chi connectivity index (χ2n) is 4.72. The molecule has 1 aromatic carbocycles. The van der Waals surface area contributed by atoms with E-state index < -0.39 is 0 Å². The molecule has 0 bridgehead atoms. The molecule has 5 nitrogen and oxygen atoms in total. The predicted molar refractivity (Wildman–Crippen MR) is 88.0 cm³/mol. The van der Waals surface area contributed by atoms with Crippen LogP contribution in [0.1, 0.15) is 15.3 Å². The minimum Gasteiger partial charge on any atom is -0.380 e. The van der Waals surface area contributed by atoms with E-state index in [0.717, 1.165) is 17.9 Å². The number of anilines is 1. The number of benzene rings is 1. The molecule has 0 saturated heterocycles. The molecule has 0 unspecified atom stereocenters. The summed E-state index contributed by atoms with van der Waals surface area (Å²) in [5, 5.41) is 14.7. The molecule has 3 aromatic rings. The number of halogens is 1. The number of nitrogens with one attached hydrogen (secondary N) is 1. The third-order valence-electron chi connectivity index (χ3n) is 3.20. The van der Waals surface area contributed by atoms with Crippen molar-refractivity contribution in [1.29, 1.82) is 0 Å². The molecule has 0 aliphatic rings. The normalized spacial score (nSPS) is 10.8. The first-order valence-corrected chi connectivity index (χ1v) is 8.07. The van der Waals surface area contributed by atoms with Crippen LogP contribution >= 0.6 is 27.3 Å². The number of aromatic nitrogens is 4. The first-order valence-electron chi connectivity index (χ1n) is 6.46. The molecule has 3 rings (SSSR count). The Kier molecular flexibility index (Phi) is 4.03. The number of hydrogen-bond donors (Lipinski definition) is 1. The maximum absolute atomic E-state index is 3.91. The topological polar surface area (TPSA) is 55.6 Å². The van der Waals surface area contributed by atoms with E-state index in [1.165, 1.54) is 19.8 Å². The molecule has 21 heavy (non-hydrogen) atoms. The Balaban J connectivity index is 1.80. The molecule has 0 atom stereocenters. The summed E-state index contributed by atoms with van der Waals surface area (Å²) in [7, 11) is 0. The van der Waals surface area contributed by atoms with Gasteiger partial charge >= 0.3 is 0 Å². The first kappa shape index (κ1) is 14.2. The van der Waals surface area contributed by atoms with Crippen molar-refractivity contribution in [3.05, 3.63) is 50.4 Å². The van der Waals surface area contributed by atoms with Crippen molar-refractivity contribution in [3.63, 3.8) is 0 Å². The first-order chi connectivity index (χ1) is 10.1. The molecule has 2 aromatic heterocycles. The van der Waals surface area contributed by atoms with Crippen molar-refractivity contribution < 1.29 is 0 Å². The zero-order valence-electron chi connectivity index (χ0n) is 11.7. The molecule has 0 amide bonds. The van der Waals surface area contributed by atoms with Crippen LogP contribution in [0.25, 0.3) is 5.69 Å². The Labute approximate surface area is 135 Å². The van der Waals surface area contributed by atoms with Gasteiger partial charge in [0.05, 0.1) is 5.69 Å². The van der Waals surface area contributed by atoms with Crippen LogP contribution in [0.3, 0.4) is 0 Å². The summed E-state index contributed by atoms with van der Waals surface area (Å²) < 4.78 is 2.82. The summed E-state index contributed by atoms with van der Waals surface area (Å²) in [6.45, 7) is 5.00. The van der Waals surface area contributed by atoms with Crippen molar-refractivity contribution in [3.8, 4) is 5.69 Å². The minimum atomic E-state index is 0.803. The molecule has 0 saturated carbocycles. The summed E-state index contributed by atoms with van der Waals surface area (Å²) in [5.74, 6) is 0. The van der Waals surface area contributed by atoms with Gasteiger partial charge in [0.15, 0.2) is 0 Å². The standard InChI is InChI=1S/C14H14BrN5S/c1-9-3-4-11(20-8-17-18-19-20)5-14(9)16-7-12-6-13(15)10(2)21-12/h3-6,8,16H,7H2,1-2H3. The largest absolute Gasteiger partial charge is 0.380 e. The van der Waals surface area contributed by atoms with E-state index in [1.54, 1.807) is 22.3 Å². The van der Waals surface area contributed by atoms with E-state index >= 15 is 0 Å². The van der Waals surface area contributed by atoms with Gasteiger partial charge in [-0.05, 0) is 64.0 Å². The van der Waals surface area contributed by atoms with Crippen LogP contribution in [0.15, 0.2) is 35.1 Å². The SMILES string of the molecule is Cc1ccc(-n2cnnn2)cc1NCc1cc(Br)c(C)s1. The number of thiophene rings is 1. The highest BCUT2D eigenvalue weighted by molar-refractivity contribution is 9.10. The Morgan fingerprint density at radius 2 is 2.14 bits per heavy atom. The van der Waals surface area contributed by atoms with Gasteiger partial charge in [-0.3, -0.25) is 0 Å². The minimum absolute atomic E-state index is 0.803. The van der Waals surface area contributed by atoms with Crippen LogP contribution in [-0.4, -0.2) is 20.2 Å². The summed E-state index contributed by atoms with van der Waals surface area (Å²) in [6, 6.07) is 8.28. The lowest BCUT2D eigenvalue weighted by Crippen LogP contribution is -2.02. The van der Waals surface area contributed by atoms with E-state index in [0.29, 0.717) is 0 Å². The van der Waals surface area contributed by atoms with Crippen molar-refractivity contribution in [2.24, 2.45) is 0 Å². The van der Waals surface area contributed by atoms with Gasteiger partial charge in [0.2, 0.25) is 0 Å². The monoisotopic (exact) mass is 363 g/mol. The quantitative estimate of drug-likeness (QED) is 0.767. The number of aryl methyl sites for hydroxylation is 2. The van der Waals surface area contributed by atoms with Crippen LogP contribution < -0.4 is 5.32 Å². The number of rotatable bonds is 4. The predicted octanol–water partition coefficient (Wildman–Crippen LogP) is 3.72. The molecule has 0 radical (unpaired) electrons. The van der Waals surface area contributed by atoms with Crippen molar-refractivity contribution in [1.82, 2.24) is 20.2 Å². The van der Waals surface area contributed by atoms with Gasteiger partial charge in [-0.25, -0.2) is 4.68 Å². The van der Waals surface area contributed by atoms with Crippen molar-refractivity contribution in [2.45, 2.75) is 20.4 Å². The van der Waals surface area contributed by atoms with E-state index in [1.807, 2.05) is 6.07 Å². The molecule has 1 N–H and O–H groups in total. The lowest BCUT2D eigenvalue weighted by Gasteiger charge is -2.10. The van der Waals surface area contributed by atoms with Crippen molar-refractivity contribution in [2.75, 3.05) is 5.32 Å². The summed E-state index contributed by atoms with van der Waals surface area (Å²) in [4.78, 5) is 2.59. The van der Waals surface area contributed by atoms with E-state index in [4.69, 9.17) is 0 Å². The Morgan fingerprint density at radius 3 is 2.81 bits per heavy atom. The number of tetrazole rings is 1. The molecule has 0 spiro atoms. The van der Waals surface area contributed by atoms with Gasteiger partial charge in [-0.2, -0.15) is 0 Å². The van der Waals surface area contributed by atoms with E-state index in [-0.39, 0.29) is 0 Å². The lowest BCUT2D eigenvalue weighted by atomic mass is 10.2. The zero-order valence-corrected chi connectivity index (χ0v) is 14.1. The maximum Gasteiger partial charge on any atom is 0.143 e. The number of nitrogens with zero attached hydrogens (tertiary/aromatic N) is 4. The highest BCUT2D eigenvalue weighted by Crippen LogP contribution is 2.27. The van der Waals surface area contributed by atoms with Crippen LogP contribution in [0, 0.1) is 13.8 Å². The molecular weight excluding hydrogens is 350 g/mol. The molecule has 7 heteroatoms. The van der Waals surface area contributed by atoms with Crippen LogP contribution in [0.5, 0.6) is 0 Å². The van der Waals surface area contributed by atoms with E-state index in [2.05, 4.69) is 68.8 Å². The van der Waals surface area contributed by atoms with E-state index in [9.17, 15) is 0 Å². The Bertz CT molecular complexity index is 731. The van der Waals surface area contributed by atoms with Gasteiger partial charge in [0.25, 0.3) is 0 Å². The second kappa shape index (κ2) is 5.95. The average Bonchev–Trinajstić information content (AvgIpc) is 3.09. The van der Waals surface area contributed by atoms with Crippen molar-refractivity contribution >= 4 is 33.0 Å². The van der Waals surface area contributed by atoms with Gasteiger partial charge in [0.1, 0.15) is 6.33 Å². The van der Waals surface area contributed by atoms with Gasteiger partial charge < -0.3 is 5.32 Å². The third-order valence-corrected chi connectivity index (χ3v) is 5.33. The van der Waals surface area contributed by atoms with Crippen LogP contribution in [0.4, 0.5) is 5.69 Å². The molecular formula is C14H14BrN5S. The third kappa shape index (κ3) is 3.14. The average molecular weight is 364 g/mol. The molecule has 2 heterocycles. The number of hydrogen-bond acceptors (Lipinski definition) is 5. The smallest absolute Gasteiger partial charge is 0.143 e.